The molecular formula is C36H47N3O9. The number of hydrogen-bond donors (Lipinski definition) is 6. The van der Waals surface area contributed by atoms with Gasteiger partial charge in [0.2, 0.25) is 11.7 Å². The van der Waals surface area contributed by atoms with Gasteiger partial charge in [-0.25, -0.2) is 0 Å². The summed E-state index contributed by atoms with van der Waals surface area (Å²) >= 11 is 0. The van der Waals surface area contributed by atoms with Crippen molar-refractivity contribution in [2.45, 2.75) is 63.3 Å². The first-order valence-corrected chi connectivity index (χ1v) is 16.6. The van der Waals surface area contributed by atoms with E-state index in [-0.39, 0.29) is 29.7 Å². The minimum atomic E-state index is -2.70. The van der Waals surface area contributed by atoms with E-state index in [1.165, 1.54) is 6.07 Å². The number of Topliss-reactive ketones (excluding diaryl/α,β-unsaturated/α-hetero) is 2. The third-order valence-electron chi connectivity index (χ3n) is 10.1. The number of aliphatic hydroxyl groups excluding tert-OH is 2. The zero-order chi connectivity index (χ0) is 34.9. The summed E-state index contributed by atoms with van der Waals surface area (Å²) in [6.07, 6.45) is 1.70. The van der Waals surface area contributed by atoms with Gasteiger partial charge in [0.15, 0.2) is 11.4 Å². The number of unbranched alkanes of at least 4 members (excludes halogenated alkanes) is 1. The van der Waals surface area contributed by atoms with E-state index < -0.39 is 58.7 Å². The fourth-order valence-electron chi connectivity index (χ4n) is 7.81. The quantitative estimate of drug-likeness (QED) is 0.136. The van der Waals surface area contributed by atoms with Gasteiger partial charge >= 0.3 is 0 Å². The number of primary amides is 1. The van der Waals surface area contributed by atoms with E-state index in [1.54, 1.807) is 32.2 Å². The molecule has 2 aromatic rings. The first kappa shape index (κ1) is 35.5. The molecule has 12 nitrogen and oxygen atoms in total. The number of ether oxygens (including phenoxy) is 2. The molecule has 48 heavy (non-hydrogen) atoms. The van der Waals surface area contributed by atoms with Crippen LogP contribution in [-0.4, -0.2) is 102 Å². The Morgan fingerprint density at radius 2 is 1.83 bits per heavy atom. The van der Waals surface area contributed by atoms with Crippen molar-refractivity contribution < 1.29 is 44.3 Å². The number of rotatable bonds is 13. The van der Waals surface area contributed by atoms with Crippen LogP contribution in [0.5, 0.6) is 11.5 Å². The highest BCUT2D eigenvalue weighted by Crippen LogP contribution is 2.53. The van der Waals surface area contributed by atoms with Crippen molar-refractivity contribution in [3.05, 3.63) is 52.6 Å². The number of nitrogens with zero attached hydrogens (tertiary/aromatic N) is 1. The smallest absolute Gasteiger partial charge is 0.230 e. The van der Waals surface area contributed by atoms with E-state index >= 15 is 0 Å². The van der Waals surface area contributed by atoms with Crippen LogP contribution in [0.1, 0.15) is 49.3 Å². The third kappa shape index (κ3) is 6.12. The monoisotopic (exact) mass is 665 g/mol. The number of phenols is 1. The van der Waals surface area contributed by atoms with Gasteiger partial charge in [0, 0.05) is 42.9 Å². The maximum absolute atomic E-state index is 14.2. The average Bonchev–Trinajstić information content (AvgIpc) is 3.03. The number of methoxy groups -OCH3 is 1. The second-order valence-electron chi connectivity index (χ2n) is 13.3. The number of nitrogens with one attached hydrogen (secondary N) is 1. The van der Waals surface area contributed by atoms with Crippen LogP contribution in [0.15, 0.2) is 35.9 Å². The van der Waals surface area contributed by atoms with E-state index in [2.05, 4.69) is 12.2 Å². The van der Waals surface area contributed by atoms with Crippen LogP contribution < -0.4 is 15.8 Å². The molecule has 0 aromatic heterocycles. The number of ketones is 2. The van der Waals surface area contributed by atoms with Crippen LogP contribution >= 0.6 is 0 Å². The molecule has 3 aliphatic rings. The summed E-state index contributed by atoms with van der Waals surface area (Å²) in [7, 11) is 4.80. The summed E-state index contributed by atoms with van der Waals surface area (Å²) in [4.78, 5) is 41.6. The Labute approximate surface area is 280 Å². The molecule has 2 fully saturated rings. The Bertz CT molecular complexity index is 1610. The summed E-state index contributed by atoms with van der Waals surface area (Å²) < 4.78 is 11.4. The molecule has 1 amide bonds. The summed E-state index contributed by atoms with van der Waals surface area (Å²) in [6, 6.07) is 8.01. The molecule has 0 radical (unpaired) electrons. The van der Waals surface area contributed by atoms with Crippen molar-refractivity contribution in [3.63, 3.8) is 0 Å². The number of aromatic hydroxyl groups is 1. The van der Waals surface area contributed by atoms with E-state index in [0.717, 1.165) is 43.5 Å². The molecule has 0 saturated heterocycles. The lowest BCUT2D eigenvalue weighted by Gasteiger charge is -2.53. The van der Waals surface area contributed by atoms with E-state index in [4.69, 9.17) is 15.2 Å². The number of fused-ring (bicyclic) bond motifs is 3. The molecular weight excluding hydrogens is 618 g/mol. The fourth-order valence-corrected chi connectivity index (χ4v) is 7.81. The van der Waals surface area contributed by atoms with E-state index in [0.29, 0.717) is 30.0 Å². The number of benzene rings is 2. The number of phenolic OH excluding ortho intramolecular Hbond substituents is 1. The standard InChI is InChI=1S/C36H47N3O9/c1-5-6-13-48-14-7-12-38-18-19-8-11-26(47-4)22(15-19)21-9-10-25(40)28-23(21)16-20-17-24-30(39(2)3)32(42)29(35(37)45)34(44)36(24,46)33(43)27(20)31(28)41/h8-11,15,20,24,29-30,32,38,40-42,46H,5-7,12-14,16-18H2,1-4H3,(H2,37,45)/t20-,24-,29?,30-,32?,36-/m0/s1. The highest BCUT2D eigenvalue weighted by atomic mass is 16.5. The van der Waals surface area contributed by atoms with Gasteiger partial charge in [-0.1, -0.05) is 25.5 Å². The largest absolute Gasteiger partial charge is 0.507 e. The molecule has 5 rings (SSSR count). The zero-order valence-electron chi connectivity index (χ0n) is 28.0. The van der Waals surface area contributed by atoms with Crippen molar-refractivity contribution in [2.24, 2.45) is 23.5 Å². The number of hydrogen-bond acceptors (Lipinski definition) is 11. The first-order valence-electron chi connectivity index (χ1n) is 16.6. The predicted molar refractivity (Wildman–Crippen MR) is 178 cm³/mol. The molecule has 260 valence electrons. The number of carbonyl (C=O) groups is 3. The van der Waals surface area contributed by atoms with Gasteiger partial charge in [-0.05, 0) is 87.1 Å². The molecule has 0 aliphatic heterocycles. The molecule has 12 heteroatoms. The van der Waals surface area contributed by atoms with Crippen molar-refractivity contribution in [1.29, 1.82) is 0 Å². The van der Waals surface area contributed by atoms with Crippen molar-refractivity contribution in [3.8, 4) is 22.6 Å². The first-order chi connectivity index (χ1) is 22.9. The SMILES string of the molecule is CCCCOCCCNCc1ccc(OC)c(-c2ccc(O)c3c2C[C@H]2C[C@H]4[C@H](N(C)C)C(O)C(C(N)=O)C(=O)[C@@]4(O)C(=O)C2=C3O)c1. The normalized spacial score (nSPS) is 26.7. The number of nitrogens with two attached hydrogens (primary N) is 1. The van der Waals surface area contributed by atoms with E-state index in [9.17, 15) is 34.8 Å². The van der Waals surface area contributed by atoms with Crippen LogP contribution in [0.25, 0.3) is 16.9 Å². The molecule has 2 aromatic carbocycles. The van der Waals surface area contributed by atoms with Crippen LogP contribution in [-0.2, 0) is 32.1 Å². The van der Waals surface area contributed by atoms with Gasteiger partial charge < -0.3 is 45.9 Å². The molecule has 3 aliphatic carbocycles. The molecule has 0 spiro atoms. The number of likely N-dealkylation sites (N-methyl/N-ethyl adjacent to an activating group) is 1. The highest BCUT2D eigenvalue weighted by Gasteiger charge is 2.67. The number of carbonyl (C=O) groups excluding carboxylic acids is 3. The minimum absolute atomic E-state index is 0.0294. The summed E-state index contributed by atoms with van der Waals surface area (Å²) in [5, 5.41) is 49.1. The Morgan fingerprint density at radius 3 is 2.50 bits per heavy atom. The molecule has 2 unspecified atom stereocenters. The van der Waals surface area contributed by atoms with Gasteiger partial charge in [0.25, 0.3) is 0 Å². The maximum atomic E-state index is 14.2. The fraction of sp³-hybridized carbons (Fsp3) is 0.528. The predicted octanol–water partition coefficient (Wildman–Crippen LogP) is 2.10. The second kappa shape index (κ2) is 14.4. The molecule has 7 N–H and O–H groups in total. The molecule has 6 atom stereocenters. The Kier molecular flexibility index (Phi) is 10.6. The summed E-state index contributed by atoms with van der Waals surface area (Å²) in [5.74, 6) is -7.20. The number of amides is 1. The summed E-state index contributed by atoms with van der Waals surface area (Å²) in [6.45, 7) is 4.95. The van der Waals surface area contributed by atoms with E-state index in [1.807, 2.05) is 18.2 Å². The zero-order valence-corrected chi connectivity index (χ0v) is 28.0. The van der Waals surface area contributed by atoms with Gasteiger partial charge in [0.05, 0.1) is 18.8 Å². The van der Waals surface area contributed by atoms with Crippen molar-refractivity contribution in [1.82, 2.24) is 10.2 Å². The Balaban J connectivity index is 1.51. The lowest BCUT2D eigenvalue weighted by atomic mass is 9.54. The number of aliphatic hydroxyl groups is 3. The van der Waals surface area contributed by atoms with Gasteiger partial charge in [-0.2, -0.15) is 0 Å². The molecule has 2 saturated carbocycles. The minimum Gasteiger partial charge on any atom is -0.507 e. The lowest BCUT2D eigenvalue weighted by molar-refractivity contribution is -0.184. The summed E-state index contributed by atoms with van der Waals surface area (Å²) in [5.41, 5.74) is 5.58. The average molecular weight is 666 g/mol. The van der Waals surface area contributed by atoms with Crippen molar-refractivity contribution in [2.75, 3.05) is 41.0 Å². The van der Waals surface area contributed by atoms with Crippen LogP contribution in [0.2, 0.25) is 0 Å². The Hall–Kier alpha value is -3.81. The maximum Gasteiger partial charge on any atom is 0.230 e. The molecule has 0 heterocycles. The van der Waals surface area contributed by atoms with Crippen LogP contribution in [0, 0.1) is 17.8 Å². The van der Waals surface area contributed by atoms with Crippen molar-refractivity contribution >= 4 is 23.2 Å². The third-order valence-corrected chi connectivity index (χ3v) is 10.1. The van der Waals surface area contributed by atoms with Gasteiger partial charge in [-0.15, -0.1) is 0 Å². The Morgan fingerprint density at radius 1 is 1.10 bits per heavy atom. The van der Waals surface area contributed by atoms with Crippen LogP contribution in [0.4, 0.5) is 0 Å². The lowest BCUT2D eigenvalue weighted by Crippen LogP contribution is -2.73. The van der Waals surface area contributed by atoms with Crippen LogP contribution in [0.3, 0.4) is 0 Å². The van der Waals surface area contributed by atoms with Gasteiger partial charge in [0.1, 0.15) is 23.2 Å². The topological polar surface area (TPSA) is 192 Å². The molecule has 0 bridgehead atoms. The second-order valence-corrected chi connectivity index (χ2v) is 13.3. The van der Waals surface area contributed by atoms with Gasteiger partial charge in [-0.3, -0.25) is 14.4 Å². The highest BCUT2D eigenvalue weighted by molar-refractivity contribution is 6.25.